The van der Waals surface area contributed by atoms with Gasteiger partial charge in [-0.25, -0.2) is 4.57 Å². The van der Waals surface area contributed by atoms with Crippen LogP contribution in [-0.4, -0.2) is 60.5 Å². The molecule has 0 aromatic rings. The van der Waals surface area contributed by atoms with E-state index in [2.05, 4.69) is 13.8 Å². The molecular formula is C40H80NO9P. The summed E-state index contributed by atoms with van der Waals surface area (Å²) in [6.45, 7) is 3.89. The summed E-state index contributed by atoms with van der Waals surface area (Å²) in [6.07, 6.45) is 36.0. The number of ether oxygens (including phenoxy) is 2. The predicted octanol–water partition coefficient (Wildman–Crippen LogP) is 11.2. The van der Waals surface area contributed by atoms with Gasteiger partial charge in [0.2, 0.25) is 0 Å². The minimum atomic E-state index is -4.60. The molecule has 0 radical (unpaired) electrons. The molecule has 0 aromatic heterocycles. The second-order valence-electron chi connectivity index (χ2n) is 14.5. The van der Waals surface area contributed by atoms with Crippen molar-refractivity contribution in [2.45, 2.75) is 219 Å². The number of hydrogen-bond acceptors (Lipinski definition) is 8. The van der Waals surface area contributed by atoms with Crippen LogP contribution in [0.4, 0.5) is 0 Å². The average Bonchev–Trinajstić information content (AvgIpc) is 3.10. The Morgan fingerprint density at radius 1 is 0.549 bits per heavy atom. The number of esters is 1. The lowest BCUT2D eigenvalue weighted by atomic mass is 10.0. The molecule has 0 aliphatic heterocycles. The highest BCUT2D eigenvalue weighted by molar-refractivity contribution is 7.47. The van der Waals surface area contributed by atoms with Gasteiger partial charge in [-0.05, 0) is 12.8 Å². The number of carbonyl (C=O) groups is 2. The summed E-state index contributed by atoms with van der Waals surface area (Å²) in [5.41, 5.74) is 5.34. The van der Waals surface area contributed by atoms with Crippen LogP contribution in [0.5, 0.6) is 0 Å². The summed E-state index contributed by atoms with van der Waals surface area (Å²) in [6, 6.07) is -1.47. The molecule has 51 heavy (non-hydrogen) atoms. The summed E-state index contributed by atoms with van der Waals surface area (Å²) in [5.74, 6) is -1.77. The SMILES string of the molecule is CCCCCCCCCCCCCCCCCCCCCCOC[C@H](COP(=O)(O)OC[C@H](N)C(=O)O)OC(=O)CCCCCCCCCCC. The number of hydrogen-bond donors (Lipinski definition) is 3. The summed E-state index contributed by atoms with van der Waals surface area (Å²) in [7, 11) is -4.60. The zero-order valence-electron chi connectivity index (χ0n) is 33.0. The maximum absolute atomic E-state index is 12.5. The molecule has 0 heterocycles. The van der Waals surface area contributed by atoms with Crippen molar-refractivity contribution in [1.82, 2.24) is 0 Å². The van der Waals surface area contributed by atoms with Crippen LogP contribution in [0.15, 0.2) is 0 Å². The maximum Gasteiger partial charge on any atom is 0.472 e. The van der Waals surface area contributed by atoms with Gasteiger partial charge >= 0.3 is 19.8 Å². The van der Waals surface area contributed by atoms with Gasteiger partial charge in [0, 0.05) is 13.0 Å². The Morgan fingerprint density at radius 2 is 0.902 bits per heavy atom. The third-order valence-electron chi connectivity index (χ3n) is 9.39. The van der Waals surface area contributed by atoms with E-state index in [9.17, 15) is 19.0 Å². The number of carboxylic acid groups (broad SMARTS) is 1. The molecule has 0 aliphatic carbocycles. The van der Waals surface area contributed by atoms with Gasteiger partial charge in [0.1, 0.15) is 12.1 Å². The van der Waals surface area contributed by atoms with E-state index in [-0.39, 0.29) is 13.0 Å². The molecule has 0 bridgehead atoms. The first-order chi connectivity index (χ1) is 24.7. The van der Waals surface area contributed by atoms with E-state index < -0.39 is 45.1 Å². The molecule has 0 saturated carbocycles. The maximum atomic E-state index is 12.5. The van der Waals surface area contributed by atoms with Crippen molar-refractivity contribution in [3.8, 4) is 0 Å². The van der Waals surface area contributed by atoms with Crippen LogP contribution in [0, 0.1) is 0 Å². The number of rotatable bonds is 41. The van der Waals surface area contributed by atoms with Crippen LogP contribution < -0.4 is 5.73 Å². The van der Waals surface area contributed by atoms with E-state index in [0.29, 0.717) is 6.61 Å². The Bertz CT molecular complexity index is 832. The van der Waals surface area contributed by atoms with Gasteiger partial charge in [0.25, 0.3) is 0 Å². The van der Waals surface area contributed by atoms with Gasteiger partial charge in [-0.2, -0.15) is 0 Å². The van der Waals surface area contributed by atoms with Crippen LogP contribution in [0.2, 0.25) is 0 Å². The van der Waals surface area contributed by atoms with Crippen molar-refractivity contribution in [3.63, 3.8) is 0 Å². The van der Waals surface area contributed by atoms with Crippen LogP contribution in [0.3, 0.4) is 0 Å². The number of carbonyl (C=O) groups excluding carboxylic acids is 1. The fourth-order valence-electron chi connectivity index (χ4n) is 6.08. The van der Waals surface area contributed by atoms with Crippen LogP contribution in [-0.2, 0) is 32.7 Å². The van der Waals surface area contributed by atoms with Gasteiger partial charge in [0.05, 0.1) is 19.8 Å². The smallest absolute Gasteiger partial charge is 0.472 e. The Morgan fingerprint density at radius 3 is 1.29 bits per heavy atom. The van der Waals surface area contributed by atoms with Crippen molar-refractivity contribution in [2.75, 3.05) is 26.4 Å². The molecule has 0 rings (SSSR count). The predicted molar refractivity (Wildman–Crippen MR) is 208 cm³/mol. The second-order valence-corrected chi connectivity index (χ2v) is 15.9. The molecule has 0 fully saturated rings. The van der Waals surface area contributed by atoms with E-state index in [0.717, 1.165) is 38.5 Å². The zero-order valence-corrected chi connectivity index (χ0v) is 33.9. The van der Waals surface area contributed by atoms with Crippen LogP contribution >= 0.6 is 7.82 Å². The number of aliphatic carboxylic acids is 1. The van der Waals surface area contributed by atoms with Crippen molar-refractivity contribution < 1.29 is 42.7 Å². The molecule has 4 N–H and O–H groups in total. The van der Waals surface area contributed by atoms with Crippen molar-refractivity contribution in [2.24, 2.45) is 5.73 Å². The number of carboxylic acids is 1. The van der Waals surface area contributed by atoms with Crippen molar-refractivity contribution >= 4 is 19.8 Å². The van der Waals surface area contributed by atoms with Gasteiger partial charge in [-0.1, -0.05) is 187 Å². The Hall–Kier alpha value is -1.03. The molecule has 1 unspecified atom stereocenters. The third-order valence-corrected chi connectivity index (χ3v) is 10.3. The quantitative estimate of drug-likeness (QED) is 0.0312. The highest BCUT2D eigenvalue weighted by Gasteiger charge is 2.27. The third kappa shape index (κ3) is 37.1. The van der Waals surface area contributed by atoms with E-state index in [1.165, 1.54) is 148 Å². The second kappa shape index (κ2) is 37.3. The van der Waals surface area contributed by atoms with E-state index in [1.807, 2.05) is 0 Å². The summed E-state index contributed by atoms with van der Waals surface area (Å²) < 4.78 is 33.2. The van der Waals surface area contributed by atoms with Crippen molar-refractivity contribution in [1.29, 1.82) is 0 Å². The summed E-state index contributed by atoms with van der Waals surface area (Å²) in [5, 5.41) is 8.87. The summed E-state index contributed by atoms with van der Waals surface area (Å²) >= 11 is 0. The molecule has 3 atom stereocenters. The molecular weight excluding hydrogens is 669 g/mol. The molecule has 11 heteroatoms. The van der Waals surface area contributed by atoms with Crippen LogP contribution in [0.1, 0.15) is 206 Å². The fourth-order valence-corrected chi connectivity index (χ4v) is 6.85. The highest BCUT2D eigenvalue weighted by atomic mass is 31.2. The lowest BCUT2D eigenvalue weighted by Gasteiger charge is -2.20. The molecule has 0 spiro atoms. The number of phosphoric ester groups is 1. The van der Waals surface area contributed by atoms with E-state index in [1.54, 1.807) is 0 Å². The minimum Gasteiger partial charge on any atom is -0.480 e. The number of unbranched alkanes of at least 4 members (excludes halogenated alkanes) is 27. The van der Waals surface area contributed by atoms with Gasteiger partial charge < -0.3 is 25.2 Å². The van der Waals surface area contributed by atoms with Crippen molar-refractivity contribution in [3.05, 3.63) is 0 Å². The molecule has 0 amide bonds. The van der Waals surface area contributed by atoms with Gasteiger partial charge in [0.15, 0.2) is 0 Å². The number of nitrogens with two attached hydrogens (primary N) is 1. The number of phosphoric acid groups is 1. The fraction of sp³-hybridized carbons (Fsp3) is 0.950. The minimum absolute atomic E-state index is 0.0251. The first kappa shape index (κ1) is 50.0. The standard InChI is InChI=1S/C40H80NO9P/c1-3-5-7-9-11-13-14-15-16-17-18-19-20-21-22-23-25-27-29-31-33-47-34-37(35-48-51(45,46)49-36-38(41)40(43)44)50-39(42)32-30-28-26-24-12-10-8-6-4-2/h37-38H,3-36,41H2,1-2H3,(H,43,44)(H,45,46)/t37-,38+/m1/s1. The van der Waals surface area contributed by atoms with E-state index in [4.69, 9.17) is 29.4 Å². The largest absolute Gasteiger partial charge is 0.480 e. The average molecular weight is 750 g/mol. The molecule has 0 aromatic carbocycles. The topological polar surface area (TPSA) is 155 Å². The van der Waals surface area contributed by atoms with Gasteiger partial charge in [-0.3, -0.25) is 18.6 Å². The lowest BCUT2D eigenvalue weighted by Crippen LogP contribution is -2.34. The molecule has 10 nitrogen and oxygen atoms in total. The lowest BCUT2D eigenvalue weighted by molar-refractivity contribution is -0.154. The summed E-state index contributed by atoms with van der Waals surface area (Å²) in [4.78, 5) is 33.3. The Balaban J connectivity index is 4.08. The monoisotopic (exact) mass is 750 g/mol. The first-order valence-electron chi connectivity index (χ1n) is 21.1. The molecule has 0 aliphatic rings. The van der Waals surface area contributed by atoms with Gasteiger partial charge in [-0.15, -0.1) is 0 Å². The molecule has 0 saturated heterocycles. The Labute approximate surface area is 312 Å². The zero-order chi connectivity index (χ0) is 37.7. The first-order valence-corrected chi connectivity index (χ1v) is 22.6. The Kier molecular flexibility index (Phi) is 36.5. The molecule has 304 valence electrons. The van der Waals surface area contributed by atoms with Crippen LogP contribution in [0.25, 0.3) is 0 Å². The normalized spacial score (nSPS) is 14.0. The van der Waals surface area contributed by atoms with E-state index >= 15 is 0 Å². The highest BCUT2D eigenvalue weighted by Crippen LogP contribution is 2.43.